The molecule has 5 nitrogen and oxygen atoms in total. The molecule has 1 aliphatic rings. The lowest BCUT2D eigenvalue weighted by molar-refractivity contribution is 0.103. The van der Waals surface area contributed by atoms with Crippen LogP contribution in [0.2, 0.25) is 0 Å². The molecule has 0 aromatic carbocycles. The van der Waals surface area contributed by atoms with Gasteiger partial charge in [-0.1, -0.05) is 0 Å². The summed E-state index contributed by atoms with van der Waals surface area (Å²) in [7, 11) is 0. The molecule has 0 atom stereocenters. The Morgan fingerprint density at radius 3 is 3.00 bits per heavy atom. The van der Waals surface area contributed by atoms with Crippen molar-refractivity contribution >= 4 is 38.8 Å². The van der Waals surface area contributed by atoms with E-state index in [1.54, 1.807) is 24.5 Å². The first kappa shape index (κ1) is 14.1. The fraction of sp³-hybridized carbons (Fsp3) is 0.235. The van der Waals surface area contributed by atoms with Gasteiger partial charge in [0.15, 0.2) is 0 Å². The molecule has 4 rings (SSSR count). The molecule has 0 spiro atoms. The minimum absolute atomic E-state index is 0.212. The average Bonchev–Trinajstić information content (AvgIpc) is 2.90. The normalized spacial score (nSPS) is 13.7. The molecule has 0 fully saturated rings. The number of fused-ring (bicyclic) bond motifs is 2. The fourth-order valence-electron chi connectivity index (χ4n) is 2.95. The van der Waals surface area contributed by atoms with Crippen LogP contribution >= 0.6 is 11.3 Å². The molecule has 116 valence electrons. The highest BCUT2D eigenvalue weighted by molar-refractivity contribution is 7.21. The fourth-order valence-corrected chi connectivity index (χ4v) is 3.94. The number of anilines is 2. The Bertz CT molecular complexity index is 888. The van der Waals surface area contributed by atoms with Crippen molar-refractivity contribution in [1.29, 1.82) is 0 Å². The zero-order valence-electron chi connectivity index (χ0n) is 12.5. The van der Waals surface area contributed by atoms with E-state index in [1.165, 1.54) is 29.7 Å². The number of aryl methyl sites for hydroxylation is 2. The van der Waals surface area contributed by atoms with Gasteiger partial charge < -0.3 is 11.1 Å². The lowest BCUT2D eigenvalue weighted by atomic mass is 9.95. The first-order valence-corrected chi connectivity index (χ1v) is 8.46. The van der Waals surface area contributed by atoms with E-state index in [1.807, 2.05) is 0 Å². The van der Waals surface area contributed by atoms with Gasteiger partial charge in [0.25, 0.3) is 5.91 Å². The van der Waals surface area contributed by atoms with Crippen molar-refractivity contribution in [3.8, 4) is 0 Å². The summed E-state index contributed by atoms with van der Waals surface area (Å²) in [5, 5.41) is 3.73. The van der Waals surface area contributed by atoms with Crippen LogP contribution in [0.25, 0.3) is 10.2 Å². The van der Waals surface area contributed by atoms with Crippen LogP contribution in [0, 0.1) is 0 Å². The Labute approximate surface area is 137 Å². The van der Waals surface area contributed by atoms with Gasteiger partial charge >= 0.3 is 0 Å². The quantitative estimate of drug-likeness (QED) is 0.757. The van der Waals surface area contributed by atoms with Gasteiger partial charge in [-0.2, -0.15) is 0 Å². The third-order valence-corrected chi connectivity index (χ3v) is 5.24. The minimum atomic E-state index is -0.212. The zero-order valence-corrected chi connectivity index (χ0v) is 13.3. The third kappa shape index (κ3) is 2.55. The van der Waals surface area contributed by atoms with Crippen LogP contribution in [0.1, 0.15) is 33.8 Å². The number of hydrogen-bond donors (Lipinski definition) is 2. The number of hydrogen-bond acceptors (Lipinski definition) is 5. The van der Waals surface area contributed by atoms with Crippen LogP contribution in [0.4, 0.5) is 11.4 Å². The van der Waals surface area contributed by atoms with Crippen molar-refractivity contribution in [2.75, 3.05) is 11.1 Å². The van der Waals surface area contributed by atoms with Gasteiger partial charge in [-0.3, -0.25) is 9.78 Å². The van der Waals surface area contributed by atoms with Crippen molar-refractivity contribution in [2.45, 2.75) is 25.7 Å². The van der Waals surface area contributed by atoms with Gasteiger partial charge in [-0.05, 0) is 49.4 Å². The average molecular weight is 324 g/mol. The molecule has 23 heavy (non-hydrogen) atoms. The number of nitrogens with one attached hydrogen (secondary N) is 1. The Morgan fingerprint density at radius 2 is 2.17 bits per heavy atom. The first-order valence-electron chi connectivity index (χ1n) is 7.64. The van der Waals surface area contributed by atoms with Crippen LogP contribution in [-0.2, 0) is 12.8 Å². The number of carbonyl (C=O) groups is 1. The molecule has 3 aromatic heterocycles. The molecule has 1 aliphatic carbocycles. The number of nitrogens with two attached hydrogens (primary N) is 1. The SMILES string of the molecule is Nc1c(C(=O)Nc2cccnc2)sc2nc3c(cc12)CCCC3. The number of aromatic nitrogens is 2. The summed E-state index contributed by atoms with van der Waals surface area (Å²) in [6.07, 6.45) is 7.71. The van der Waals surface area contributed by atoms with Crippen molar-refractivity contribution < 1.29 is 4.79 Å². The number of nitrogens with zero attached hydrogens (tertiary/aromatic N) is 2. The number of carbonyl (C=O) groups excluding carboxylic acids is 1. The summed E-state index contributed by atoms with van der Waals surface area (Å²) >= 11 is 1.36. The minimum Gasteiger partial charge on any atom is -0.397 e. The van der Waals surface area contributed by atoms with Crippen molar-refractivity contribution in [1.82, 2.24) is 9.97 Å². The Balaban J connectivity index is 1.72. The highest BCUT2D eigenvalue weighted by atomic mass is 32.1. The van der Waals surface area contributed by atoms with E-state index in [2.05, 4.69) is 16.4 Å². The van der Waals surface area contributed by atoms with Gasteiger partial charge in [0.1, 0.15) is 9.71 Å². The van der Waals surface area contributed by atoms with Crippen molar-refractivity contribution in [3.05, 3.63) is 46.7 Å². The highest BCUT2D eigenvalue weighted by Gasteiger charge is 2.20. The summed E-state index contributed by atoms with van der Waals surface area (Å²) in [5.41, 5.74) is 9.82. The second-order valence-electron chi connectivity index (χ2n) is 5.69. The standard InChI is InChI=1S/C17H16N4OS/c18-14-12-8-10-4-1-2-6-13(10)21-17(12)23-15(14)16(22)20-11-5-3-7-19-9-11/h3,5,7-9H,1-2,4,6,18H2,(H,20,22). The lowest BCUT2D eigenvalue weighted by Crippen LogP contribution is -2.12. The molecule has 6 heteroatoms. The topological polar surface area (TPSA) is 80.9 Å². The van der Waals surface area contributed by atoms with E-state index in [0.717, 1.165) is 28.8 Å². The predicted octanol–water partition coefficient (Wildman–Crippen LogP) is 3.40. The number of nitrogen functional groups attached to an aromatic ring is 1. The number of thiophene rings is 1. The van der Waals surface area contributed by atoms with Crippen molar-refractivity contribution in [2.24, 2.45) is 0 Å². The van der Waals surface area contributed by atoms with Crippen LogP contribution in [0.5, 0.6) is 0 Å². The van der Waals surface area contributed by atoms with E-state index in [9.17, 15) is 4.79 Å². The molecule has 0 radical (unpaired) electrons. The van der Waals surface area contributed by atoms with E-state index in [0.29, 0.717) is 16.3 Å². The molecule has 0 aliphatic heterocycles. The van der Waals surface area contributed by atoms with E-state index in [-0.39, 0.29) is 5.91 Å². The summed E-state index contributed by atoms with van der Waals surface area (Å²) in [4.78, 5) is 22.6. The molecule has 0 bridgehead atoms. The van der Waals surface area contributed by atoms with E-state index in [4.69, 9.17) is 10.7 Å². The Morgan fingerprint density at radius 1 is 1.30 bits per heavy atom. The van der Waals surface area contributed by atoms with Crippen LogP contribution < -0.4 is 11.1 Å². The summed E-state index contributed by atoms with van der Waals surface area (Å²) in [6.45, 7) is 0. The van der Waals surface area contributed by atoms with E-state index < -0.39 is 0 Å². The Hall–Kier alpha value is -2.47. The monoisotopic (exact) mass is 324 g/mol. The maximum Gasteiger partial charge on any atom is 0.267 e. The second-order valence-corrected chi connectivity index (χ2v) is 6.69. The lowest BCUT2D eigenvalue weighted by Gasteiger charge is -2.14. The van der Waals surface area contributed by atoms with Gasteiger partial charge in [0.2, 0.25) is 0 Å². The van der Waals surface area contributed by atoms with Crippen LogP contribution in [0.15, 0.2) is 30.6 Å². The Kier molecular flexibility index (Phi) is 3.46. The molecular weight excluding hydrogens is 308 g/mol. The predicted molar refractivity (Wildman–Crippen MR) is 92.9 cm³/mol. The van der Waals surface area contributed by atoms with E-state index >= 15 is 0 Å². The maximum absolute atomic E-state index is 12.5. The highest BCUT2D eigenvalue weighted by Crippen LogP contribution is 2.35. The van der Waals surface area contributed by atoms with Gasteiger partial charge in [0, 0.05) is 17.3 Å². The largest absolute Gasteiger partial charge is 0.397 e. The summed E-state index contributed by atoms with van der Waals surface area (Å²) < 4.78 is 0. The maximum atomic E-state index is 12.5. The van der Waals surface area contributed by atoms with Gasteiger partial charge in [0.05, 0.1) is 17.6 Å². The van der Waals surface area contributed by atoms with Gasteiger partial charge in [-0.25, -0.2) is 4.98 Å². The third-order valence-electron chi connectivity index (χ3n) is 4.13. The second kappa shape index (κ2) is 5.62. The van der Waals surface area contributed by atoms with Crippen LogP contribution in [-0.4, -0.2) is 15.9 Å². The number of amides is 1. The first-order chi connectivity index (χ1) is 11.2. The molecular formula is C17H16N4OS. The van der Waals surface area contributed by atoms with Crippen LogP contribution in [0.3, 0.4) is 0 Å². The summed E-state index contributed by atoms with van der Waals surface area (Å²) in [6, 6.07) is 5.69. The number of pyridine rings is 2. The zero-order chi connectivity index (χ0) is 15.8. The van der Waals surface area contributed by atoms with Gasteiger partial charge in [-0.15, -0.1) is 11.3 Å². The molecule has 1 amide bonds. The van der Waals surface area contributed by atoms with Crippen molar-refractivity contribution in [3.63, 3.8) is 0 Å². The molecule has 3 heterocycles. The summed E-state index contributed by atoms with van der Waals surface area (Å²) in [5.74, 6) is -0.212. The molecule has 0 saturated heterocycles. The molecule has 0 saturated carbocycles. The smallest absolute Gasteiger partial charge is 0.267 e. The molecule has 0 unspecified atom stereocenters. The number of rotatable bonds is 2. The molecule has 3 N–H and O–H groups in total. The molecule has 3 aromatic rings.